The summed E-state index contributed by atoms with van der Waals surface area (Å²) in [6.45, 7) is 1.09. The van der Waals surface area contributed by atoms with Gasteiger partial charge in [0.15, 0.2) is 6.61 Å². The van der Waals surface area contributed by atoms with Gasteiger partial charge in [0.2, 0.25) is 5.91 Å². The number of nitrogens with one attached hydrogen (secondary N) is 1. The van der Waals surface area contributed by atoms with Gasteiger partial charge < -0.3 is 19.7 Å². The number of hydrogen-bond donors (Lipinski definition) is 1. The largest absolute Gasteiger partial charge is 0.489 e. The molecule has 1 aliphatic rings. The molecule has 1 N–H and O–H groups in total. The van der Waals surface area contributed by atoms with Crippen molar-refractivity contribution >= 4 is 29.3 Å². The molecular weight excluding hydrogens is 488 g/mol. The number of anilines is 2. The zero-order valence-corrected chi connectivity index (χ0v) is 21.6. The van der Waals surface area contributed by atoms with Crippen molar-refractivity contribution in [1.82, 2.24) is 0 Å². The molecule has 0 radical (unpaired) electrons. The standard InChI is InChI=1S/C33H30N2O4/c36-32(20-15-26-13-17-29(18-14-26)38-23-27-10-5-2-6-11-27)34-28-16-19-31-30(22-28)35(33(37)24-39-31)21-7-12-25-8-3-1-4-9-25/h1-6,8-11,13-20,22H,7,12,21,23-24H2,(H,34,36)/b20-15+. The number of benzene rings is 4. The summed E-state index contributed by atoms with van der Waals surface area (Å²) >= 11 is 0. The Morgan fingerprint density at radius 2 is 1.62 bits per heavy atom. The molecule has 0 fully saturated rings. The van der Waals surface area contributed by atoms with E-state index in [4.69, 9.17) is 9.47 Å². The van der Waals surface area contributed by atoms with Gasteiger partial charge in [0.05, 0.1) is 5.69 Å². The number of hydrogen-bond acceptors (Lipinski definition) is 4. The molecule has 2 amide bonds. The first-order chi connectivity index (χ1) is 19.1. The van der Waals surface area contributed by atoms with Crippen LogP contribution in [0.15, 0.2) is 109 Å². The van der Waals surface area contributed by atoms with Crippen LogP contribution < -0.4 is 19.7 Å². The van der Waals surface area contributed by atoms with Crippen LogP contribution in [0.1, 0.15) is 23.1 Å². The molecule has 0 unspecified atom stereocenters. The third kappa shape index (κ3) is 7.14. The van der Waals surface area contributed by atoms with Crippen LogP contribution in [0.5, 0.6) is 11.5 Å². The maximum atomic E-state index is 12.6. The maximum absolute atomic E-state index is 12.6. The van der Waals surface area contributed by atoms with Crippen LogP contribution in [0.3, 0.4) is 0 Å². The number of carbonyl (C=O) groups excluding carboxylic acids is 2. The molecule has 1 aliphatic heterocycles. The van der Waals surface area contributed by atoms with E-state index in [1.165, 1.54) is 11.6 Å². The highest BCUT2D eigenvalue weighted by molar-refractivity contribution is 6.03. The van der Waals surface area contributed by atoms with E-state index in [2.05, 4.69) is 17.4 Å². The van der Waals surface area contributed by atoms with Crippen molar-refractivity contribution < 1.29 is 19.1 Å². The van der Waals surface area contributed by atoms with E-state index in [1.54, 1.807) is 29.2 Å². The number of nitrogens with zero attached hydrogens (tertiary/aromatic N) is 1. The molecule has 0 bridgehead atoms. The minimum Gasteiger partial charge on any atom is -0.489 e. The van der Waals surface area contributed by atoms with Crippen molar-refractivity contribution in [2.24, 2.45) is 0 Å². The Balaban J connectivity index is 1.17. The highest BCUT2D eigenvalue weighted by Crippen LogP contribution is 2.35. The van der Waals surface area contributed by atoms with E-state index in [9.17, 15) is 9.59 Å². The smallest absolute Gasteiger partial charge is 0.265 e. The Kier molecular flexibility index (Phi) is 8.34. The van der Waals surface area contributed by atoms with Gasteiger partial charge in [0, 0.05) is 18.3 Å². The first-order valence-corrected chi connectivity index (χ1v) is 13.0. The molecule has 0 aliphatic carbocycles. The Morgan fingerprint density at radius 3 is 2.36 bits per heavy atom. The van der Waals surface area contributed by atoms with Gasteiger partial charge in [-0.05, 0) is 65.9 Å². The van der Waals surface area contributed by atoms with Crippen LogP contribution in [0.25, 0.3) is 6.08 Å². The number of rotatable bonds is 10. The summed E-state index contributed by atoms with van der Waals surface area (Å²) in [5.74, 6) is 1.05. The van der Waals surface area contributed by atoms with Crippen molar-refractivity contribution in [3.8, 4) is 11.5 Å². The molecule has 4 aromatic rings. The van der Waals surface area contributed by atoms with Crippen LogP contribution in [-0.4, -0.2) is 25.0 Å². The third-order valence-corrected chi connectivity index (χ3v) is 6.42. The van der Waals surface area contributed by atoms with E-state index in [1.807, 2.05) is 72.8 Å². The van der Waals surface area contributed by atoms with E-state index in [0.29, 0.717) is 30.3 Å². The topological polar surface area (TPSA) is 67.9 Å². The molecule has 0 saturated heterocycles. The zero-order chi connectivity index (χ0) is 26.9. The summed E-state index contributed by atoms with van der Waals surface area (Å²) in [4.78, 5) is 27.0. The minimum atomic E-state index is -0.266. The molecule has 4 aromatic carbocycles. The summed E-state index contributed by atoms with van der Waals surface area (Å²) in [5, 5.41) is 2.89. The minimum absolute atomic E-state index is 0.0167. The summed E-state index contributed by atoms with van der Waals surface area (Å²) in [6, 6.07) is 33.1. The number of fused-ring (bicyclic) bond motifs is 1. The zero-order valence-electron chi connectivity index (χ0n) is 21.6. The molecule has 0 aromatic heterocycles. The predicted octanol–water partition coefficient (Wildman–Crippen LogP) is 6.28. The fourth-order valence-corrected chi connectivity index (χ4v) is 4.38. The number of amides is 2. The van der Waals surface area contributed by atoms with Crippen LogP contribution in [0, 0.1) is 0 Å². The number of carbonyl (C=O) groups is 2. The summed E-state index contributed by atoms with van der Waals surface area (Å²) in [7, 11) is 0. The van der Waals surface area contributed by atoms with Gasteiger partial charge in [0.1, 0.15) is 18.1 Å². The quantitative estimate of drug-likeness (QED) is 0.251. The normalized spacial score (nSPS) is 12.6. The van der Waals surface area contributed by atoms with Crippen molar-refractivity contribution in [2.75, 3.05) is 23.4 Å². The fraction of sp³-hybridized carbons (Fsp3) is 0.152. The first-order valence-electron chi connectivity index (χ1n) is 13.0. The SMILES string of the molecule is O=C(/C=C/c1ccc(OCc2ccccc2)cc1)Nc1ccc2c(c1)N(CCCc1ccccc1)C(=O)CO2. The Hall–Kier alpha value is -4.84. The van der Waals surface area contributed by atoms with Crippen molar-refractivity contribution in [3.63, 3.8) is 0 Å². The van der Waals surface area contributed by atoms with Gasteiger partial charge in [-0.1, -0.05) is 72.8 Å². The molecule has 6 heteroatoms. The lowest BCUT2D eigenvalue weighted by atomic mass is 10.1. The van der Waals surface area contributed by atoms with Crippen molar-refractivity contribution in [2.45, 2.75) is 19.4 Å². The molecule has 0 atom stereocenters. The Bertz CT molecular complexity index is 1430. The molecule has 0 saturated carbocycles. The number of ether oxygens (including phenoxy) is 2. The Morgan fingerprint density at radius 1 is 0.897 bits per heavy atom. The van der Waals surface area contributed by atoms with Gasteiger partial charge in [-0.15, -0.1) is 0 Å². The van der Waals surface area contributed by atoms with Crippen LogP contribution in [-0.2, 0) is 22.6 Å². The molecule has 6 nitrogen and oxygen atoms in total. The van der Waals surface area contributed by atoms with E-state index >= 15 is 0 Å². The lowest BCUT2D eigenvalue weighted by Crippen LogP contribution is -2.39. The Labute approximate surface area is 228 Å². The lowest BCUT2D eigenvalue weighted by Gasteiger charge is -2.30. The lowest BCUT2D eigenvalue weighted by molar-refractivity contribution is -0.121. The van der Waals surface area contributed by atoms with Gasteiger partial charge in [-0.3, -0.25) is 9.59 Å². The molecule has 0 spiro atoms. The van der Waals surface area contributed by atoms with E-state index < -0.39 is 0 Å². The van der Waals surface area contributed by atoms with Crippen LogP contribution in [0.4, 0.5) is 11.4 Å². The fourth-order valence-electron chi connectivity index (χ4n) is 4.38. The van der Waals surface area contributed by atoms with Crippen molar-refractivity contribution in [1.29, 1.82) is 0 Å². The average Bonchev–Trinajstić information content (AvgIpc) is 2.98. The van der Waals surface area contributed by atoms with Crippen molar-refractivity contribution in [3.05, 3.63) is 126 Å². The maximum Gasteiger partial charge on any atom is 0.265 e. The van der Waals surface area contributed by atoms with E-state index in [-0.39, 0.29) is 18.4 Å². The highest BCUT2D eigenvalue weighted by Gasteiger charge is 2.25. The molecule has 1 heterocycles. The highest BCUT2D eigenvalue weighted by atomic mass is 16.5. The molecular formula is C33H30N2O4. The second-order valence-corrected chi connectivity index (χ2v) is 9.27. The monoisotopic (exact) mass is 518 g/mol. The first kappa shape index (κ1) is 25.8. The second kappa shape index (κ2) is 12.6. The van der Waals surface area contributed by atoms with Gasteiger partial charge in [-0.25, -0.2) is 0 Å². The predicted molar refractivity (Wildman–Crippen MR) is 154 cm³/mol. The average molecular weight is 519 g/mol. The van der Waals surface area contributed by atoms with Crippen LogP contribution in [0.2, 0.25) is 0 Å². The second-order valence-electron chi connectivity index (χ2n) is 9.27. The summed E-state index contributed by atoms with van der Waals surface area (Å²) in [5.41, 5.74) is 4.49. The van der Waals surface area contributed by atoms with Gasteiger partial charge >= 0.3 is 0 Å². The number of aryl methyl sites for hydroxylation is 1. The molecule has 39 heavy (non-hydrogen) atoms. The van der Waals surface area contributed by atoms with Gasteiger partial charge in [-0.2, -0.15) is 0 Å². The summed E-state index contributed by atoms with van der Waals surface area (Å²) < 4.78 is 11.4. The molecule has 196 valence electrons. The van der Waals surface area contributed by atoms with Crippen LogP contribution >= 0.6 is 0 Å². The van der Waals surface area contributed by atoms with Gasteiger partial charge in [0.25, 0.3) is 5.91 Å². The third-order valence-electron chi connectivity index (χ3n) is 6.42. The van der Waals surface area contributed by atoms with E-state index in [0.717, 1.165) is 29.7 Å². The molecule has 5 rings (SSSR count). The summed E-state index contributed by atoms with van der Waals surface area (Å²) in [6.07, 6.45) is 4.93.